The summed E-state index contributed by atoms with van der Waals surface area (Å²) in [6.07, 6.45) is 3.90. The van der Waals surface area contributed by atoms with E-state index in [-0.39, 0.29) is 23.4 Å². The minimum absolute atomic E-state index is 0.0542. The molecule has 0 aliphatic carbocycles. The zero-order chi connectivity index (χ0) is 24.2. The lowest BCUT2D eigenvalue weighted by molar-refractivity contribution is -0.129. The molecular weight excluding hydrogens is 464 g/mol. The smallest absolute Gasteiger partial charge is 0.233 e. The van der Waals surface area contributed by atoms with Gasteiger partial charge in [-0.2, -0.15) is 0 Å². The lowest BCUT2D eigenvalue weighted by Gasteiger charge is -2.31. The SMILES string of the molecule is CCc1ccccc1-n1cnnc1SCC(=O)N1CCC(C(=O)c2ccc3c(c2)OCCO3)CC1. The minimum atomic E-state index is -0.0945. The number of benzene rings is 2. The summed E-state index contributed by atoms with van der Waals surface area (Å²) >= 11 is 1.39. The van der Waals surface area contributed by atoms with Crippen LogP contribution in [0.2, 0.25) is 0 Å². The predicted molar refractivity (Wildman–Crippen MR) is 133 cm³/mol. The van der Waals surface area contributed by atoms with Gasteiger partial charge >= 0.3 is 0 Å². The van der Waals surface area contributed by atoms with E-state index < -0.39 is 0 Å². The lowest BCUT2D eigenvalue weighted by atomic mass is 9.88. The predicted octanol–water partition coefficient (Wildman–Crippen LogP) is 3.81. The number of aryl methyl sites for hydroxylation is 1. The minimum Gasteiger partial charge on any atom is -0.486 e. The number of carbonyl (C=O) groups is 2. The van der Waals surface area contributed by atoms with E-state index >= 15 is 0 Å². The van der Waals surface area contributed by atoms with Gasteiger partial charge in [0.25, 0.3) is 0 Å². The van der Waals surface area contributed by atoms with Crippen LogP contribution in [0, 0.1) is 5.92 Å². The molecule has 1 amide bonds. The summed E-state index contributed by atoms with van der Waals surface area (Å²) in [5.41, 5.74) is 2.87. The molecule has 8 nitrogen and oxygen atoms in total. The molecule has 1 saturated heterocycles. The number of likely N-dealkylation sites (tertiary alicyclic amines) is 1. The molecule has 0 saturated carbocycles. The number of thioether (sulfide) groups is 1. The number of hydrogen-bond acceptors (Lipinski definition) is 7. The monoisotopic (exact) mass is 492 g/mol. The molecule has 9 heteroatoms. The molecule has 5 rings (SSSR count). The van der Waals surface area contributed by atoms with Crippen molar-refractivity contribution >= 4 is 23.5 Å². The van der Waals surface area contributed by atoms with Crippen molar-refractivity contribution in [2.75, 3.05) is 32.1 Å². The number of aromatic nitrogens is 3. The molecule has 0 bridgehead atoms. The Bertz CT molecular complexity index is 1220. The van der Waals surface area contributed by atoms with E-state index in [1.807, 2.05) is 27.7 Å². The number of fused-ring (bicyclic) bond motifs is 1. The molecule has 0 unspecified atom stereocenters. The molecule has 3 aromatic rings. The van der Waals surface area contributed by atoms with Crippen LogP contribution in [0.4, 0.5) is 0 Å². The van der Waals surface area contributed by atoms with Crippen molar-refractivity contribution in [2.45, 2.75) is 31.3 Å². The maximum absolute atomic E-state index is 13.0. The second kappa shape index (κ2) is 10.5. The fourth-order valence-electron chi connectivity index (χ4n) is 4.57. The van der Waals surface area contributed by atoms with Crippen molar-refractivity contribution in [3.63, 3.8) is 0 Å². The van der Waals surface area contributed by atoms with E-state index in [1.54, 1.807) is 24.5 Å². The zero-order valence-corrected chi connectivity index (χ0v) is 20.5. The number of ether oxygens (including phenoxy) is 2. The first-order chi connectivity index (χ1) is 17.1. The van der Waals surface area contributed by atoms with Gasteiger partial charge in [-0.3, -0.25) is 14.2 Å². The third kappa shape index (κ3) is 5.05. The number of Topliss-reactive ketones (excluding diaryl/α,β-unsaturated/α-hetero) is 1. The summed E-state index contributed by atoms with van der Waals surface area (Å²) in [6, 6.07) is 13.5. The molecule has 0 N–H and O–H groups in total. The van der Waals surface area contributed by atoms with Crippen LogP contribution in [-0.4, -0.2) is 63.4 Å². The fraction of sp³-hybridized carbons (Fsp3) is 0.385. The van der Waals surface area contributed by atoms with Crippen molar-refractivity contribution in [3.8, 4) is 17.2 Å². The van der Waals surface area contributed by atoms with Crippen molar-refractivity contribution in [1.29, 1.82) is 0 Å². The van der Waals surface area contributed by atoms with E-state index in [2.05, 4.69) is 23.2 Å². The quantitative estimate of drug-likeness (QED) is 0.366. The molecule has 0 atom stereocenters. The highest BCUT2D eigenvalue weighted by Crippen LogP contribution is 2.33. The molecule has 182 valence electrons. The third-order valence-corrected chi connectivity index (χ3v) is 7.45. The van der Waals surface area contributed by atoms with E-state index in [9.17, 15) is 9.59 Å². The highest BCUT2D eigenvalue weighted by molar-refractivity contribution is 7.99. The highest BCUT2D eigenvalue weighted by atomic mass is 32.2. The van der Waals surface area contributed by atoms with Crippen LogP contribution in [-0.2, 0) is 11.2 Å². The van der Waals surface area contributed by atoms with Gasteiger partial charge in [0.15, 0.2) is 22.4 Å². The summed E-state index contributed by atoms with van der Waals surface area (Å²) in [4.78, 5) is 27.8. The lowest BCUT2D eigenvalue weighted by Crippen LogP contribution is -2.41. The molecule has 2 aliphatic heterocycles. The first-order valence-electron chi connectivity index (χ1n) is 12.0. The molecule has 2 aliphatic rings. The van der Waals surface area contributed by atoms with Crippen molar-refractivity contribution in [2.24, 2.45) is 5.92 Å². The van der Waals surface area contributed by atoms with E-state index in [0.717, 1.165) is 12.1 Å². The Hall–Kier alpha value is -3.33. The van der Waals surface area contributed by atoms with Crippen LogP contribution in [0.5, 0.6) is 11.5 Å². The van der Waals surface area contributed by atoms with E-state index in [1.165, 1.54) is 17.3 Å². The van der Waals surface area contributed by atoms with Crippen LogP contribution < -0.4 is 9.47 Å². The topological polar surface area (TPSA) is 86.6 Å². The van der Waals surface area contributed by atoms with Gasteiger partial charge in [-0.05, 0) is 49.1 Å². The standard InChI is InChI=1S/C26H28N4O4S/c1-2-18-5-3-4-6-21(18)30-17-27-28-26(30)35-16-24(31)29-11-9-19(10-12-29)25(32)20-7-8-22-23(15-20)34-14-13-33-22/h3-8,15,17,19H,2,9-14,16H2,1H3. The number of nitrogens with zero attached hydrogens (tertiary/aromatic N) is 4. The Morgan fingerprint density at radius 1 is 1.06 bits per heavy atom. The third-order valence-electron chi connectivity index (χ3n) is 6.52. The summed E-state index contributed by atoms with van der Waals surface area (Å²) in [6.45, 7) is 4.28. The number of ketones is 1. The second-order valence-electron chi connectivity index (χ2n) is 8.63. The molecule has 0 radical (unpaired) electrons. The van der Waals surface area contributed by atoms with Crippen LogP contribution >= 0.6 is 11.8 Å². The first-order valence-corrected chi connectivity index (χ1v) is 13.0. The fourth-order valence-corrected chi connectivity index (χ4v) is 5.40. The number of hydrogen-bond donors (Lipinski definition) is 0. The molecule has 1 aromatic heterocycles. The van der Waals surface area contributed by atoms with Gasteiger partial charge in [0.05, 0.1) is 11.4 Å². The summed E-state index contributed by atoms with van der Waals surface area (Å²) in [7, 11) is 0. The van der Waals surface area contributed by atoms with Gasteiger partial charge in [0.2, 0.25) is 5.91 Å². The van der Waals surface area contributed by atoms with Crippen LogP contribution in [0.15, 0.2) is 53.9 Å². The first kappa shape index (κ1) is 23.4. The largest absolute Gasteiger partial charge is 0.486 e. The molecule has 1 fully saturated rings. The van der Waals surface area contributed by atoms with Crippen molar-refractivity contribution in [1.82, 2.24) is 19.7 Å². The molecule has 2 aromatic carbocycles. The second-order valence-corrected chi connectivity index (χ2v) is 9.57. The van der Waals surface area contributed by atoms with E-state index in [4.69, 9.17) is 9.47 Å². The van der Waals surface area contributed by atoms with Crippen LogP contribution in [0.25, 0.3) is 5.69 Å². The van der Waals surface area contributed by atoms with E-state index in [0.29, 0.717) is 61.4 Å². The number of carbonyl (C=O) groups excluding carboxylic acids is 2. The Balaban J connectivity index is 1.16. The number of para-hydroxylation sites is 1. The van der Waals surface area contributed by atoms with Gasteiger partial charge in [-0.25, -0.2) is 0 Å². The summed E-state index contributed by atoms with van der Waals surface area (Å²) in [5, 5.41) is 8.99. The van der Waals surface area contributed by atoms with Crippen molar-refractivity contribution in [3.05, 3.63) is 59.9 Å². The molecule has 0 spiro atoms. The summed E-state index contributed by atoms with van der Waals surface area (Å²) < 4.78 is 13.1. The van der Waals surface area contributed by atoms with Gasteiger partial charge in [-0.1, -0.05) is 36.9 Å². The molecule has 35 heavy (non-hydrogen) atoms. The molecule has 3 heterocycles. The Kier molecular flexibility index (Phi) is 7.03. The van der Waals surface area contributed by atoms with Crippen LogP contribution in [0.3, 0.4) is 0 Å². The van der Waals surface area contributed by atoms with Crippen LogP contribution in [0.1, 0.15) is 35.7 Å². The van der Waals surface area contributed by atoms with Gasteiger partial charge < -0.3 is 14.4 Å². The number of amides is 1. The van der Waals surface area contributed by atoms with Gasteiger partial charge in [-0.15, -0.1) is 10.2 Å². The average Bonchev–Trinajstić information content (AvgIpc) is 3.39. The number of rotatable bonds is 7. The normalized spacial score (nSPS) is 15.7. The maximum atomic E-state index is 13.0. The van der Waals surface area contributed by atoms with Gasteiger partial charge in [0, 0.05) is 24.6 Å². The van der Waals surface area contributed by atoms with Gasteiger partial charge in [0.1, 0.15) is 19.5 Å². The zero-order valence-electron chi connectivity index (χ0n) is 19.7. The average molecular weight is 493 g/mol. The maximum Gasteiger partial charge on any atom is 0.233 e. The Morgan fingerprint density at radius 3 is 2.63 bits per heavy atom. The highest BCUT2D eigenvalue weighted by Gasteiger charge is 2.29. The molecular formula is C26H28N4O4S. The van der Waals surface area contributed by atoms with Crippen molar-refractivity contribution < 1.29 is 19.1 Å². The Morgan fingerprint density at radius 2 is 1.83 bits per heavy atom. The Labute approximate surface area is 208 Å². The summed E-state index contributed by atoms with van der Waals surface area (Å²) in [5.74, 6) is 1.65. The number of piperidine rings is 1.